The molecule has 2 rings (SSSR count). The fraction of sp³-hybridized carbons (Fsp3) is 0.421. The molecule has 0 saturated carbocycles. The normalized spacial score (nSPS) is 11.0. The Labute approximate surface area is 173 Å². The number of guanidine groups is 1. The molecule has 0 atom stereocenters. The highest BCUT2D eigenvalue weighted by atomic mass is 127. The monoisotopic (exact) mass is 472 g/mol. The maximum Gasteiger partial charge on any atom is 0.193 e. The number of aliphatic imine (C=N–C) groups is 1. The third-order valence-electron chi connectivity index (χ3n) is 4.01. The molecular formula is C19H29IN4S. The second-order valence-corrected chi connectivity index (χ2v) is 7.21. The number of rotatable bonds is 6. The maximum absolute atomic E-state index is 4.42. The van der Waals surface area contributed by atoms with Crippen molar-refractivity contribution in [2.24, 2.45) is 4.99 Å². The molecule has 0 aliphatic rings. The molecule has 0 bridgehead atoms. The number of benzene rings is 1. The van der Waals surface area contributed by atoms with E-state index in [1.807, 2.05) is 18.4 Å². The summed E-state index contributed by atoms with van der Waals surface area (Å²) in [7, 11) is 8.09. The second-order valence-electron chi connectivity index (χ2n) is 6.18. The Bertz CT molecular complexity index is 668. The number of nitrogens with one attached hydrogen (secondary N) is 1. The number of nitrogens with zero attached hydrogens (tertiary/aromatic N) is 3. The summed E-state index contributed by atoms with van der Waals surface area (Å²) in [5.74, 6) is 0.928. The van der Waals surface area contributed by atoms with E-state index in [2.05, 4.69) is 83.9 Å². The SMILES string of the molecule is CN=C(NCc1ccc(C)cc1N(C)C)N(C)CCc1cccs1.I. The summed E-state index contributed by atoms with van der Waals surface area (Å²) in [5.41, 5.74) is 3.80. The minimum atomic E-state index is 0. The molecule has 0 unspecified atom stereocenters. The van der Waals surface area contributed by atoms with Gasteiger partial charge in [-0.25, -0.2) is 0 Å². The Kier molecular flexibility index (Phi) is 9.27. The Morgan fingerprint density at radius 2 is 1.96 bits per heavy atom. The van der Waals surface area contributed by atoms with Crippen LogP contribution in [-0.2, 0) is 13.0 Å². The predicted molar refractivity (Wildman–Crippen MR) is 122 cm³/mol. The molecule has 25 heavy (non-hydrogen) atoms. The van der Waals surface area contributed by atoms with E-state index in [1.165, 1.54) is 21.7 Å². The van der Waals surface area contributed by atoms with E-state index in [1.54, 1.807) is 0 Å². The smallest absolute Gasteiger partial charge is 0.193 e. The van der Waals surface area contributed by atoms with Crippen molar-refractivity contribution in [3.8, 4) is 0 Å². The summed E-state index contributed by atoms with van der Waals surface area (Å²) in [6.45, 7) is 3.85. The summed E-state index contributed by atoms with van der Waals surface area (Å²) in [4.78, 5) is 10.2. The van der Waals surface area contributed by atoms with Crippen LogP contribution in [0, 0.1) is 6.92 Å². The zero-order chi connectivity index (χ0) is 17.5. The van der Waals surface area contributed by atoms with Gasteiger partial charge < -0.3 is 15.1 Å². The molecule has 0 fully saturated rings. The van der Waals surface area contributed by atoms with Gasteiger partial charge in [-0.1, -0.05) is 18.2 Å². The molecule has 1 aromatic heterocycles. The van der Waals surface area contributed by atoms with Gasteiger partial charge in [0.2, 0.25) is 0 Å². The van der Waals surface area contributed by atoms with Crippen molar-refractivity contribution in [3.05, 3.63) is 51.7 Å². The molecule has 0 amide bonds. The van der Waals surface area contributed by atoms with Crippen LogP contribution in [0.5, 0.6) is 0 Å². The first-order valence-corrected chi connectivity index (χ1v) is 9.10. The Morgan fingerprint density at radius 3 is 2.56 bits per heavy atom. The standard InChI is InChI=1S/C19H28N4S.HI/c1-15-8-9-16(18(13-15)22(3)4)14-21-19(20-2)23(5)11-10-17-7-6-12-24-17;/h6-9,12-13H,10-11,14H2,1-5H3,(H,20,21);1H. The Balaban J connectivity index is 0.00000312. The van der Waals surface area contributed by atoms with Crippen LogP contribution >= 0.6 is 35.3 Å². The van der Waals surface area contributed by atoms with E-state index in [-0.39, 0.29) is 24.0 Å². The maximum atomic E-state index is 4.42. The van der Waals surface area contributed by atoms with Gasteiger partial charge in [0.15, 0.2) is 5.96 Å². The van der Waals surface area contributed by atoms with Gasteiger partial charge in [0.1, 0.15) is 0 Å². The number of hydrogen-bond acceptors (Lipinski definition) is 3. The van der Waals surface area contributed by atoms with Crippen molar-refractivity contribution in [1.82, 2.24) is 10.2 Å². The highest BCUT2D eigenvalue weighted by Crippen LogP contribution is 2.20. The quantitative estimate of drug-likeness (QED) is 0.392. The molecule has 1 N–H and O–H groups in total. The van der Waals surface area contributed by atoms with Crippen LogP contribution in [0.3, 0.4) is 0 Å². The van der Waals surface area contributed by atoms with Gasteiger partial charge in [0, 0.05) is 51.8 Å². The first kappa shape index (κ1) is 21.8. The highest BCUT2D eigenvalue weighted by Gasteiger charge is 2.09. The van der Waals surface area contributed by atoms with Crippen molar-refractivity contribution in [3.63, 3.8) is 0 Å². The first-order chi connectivity index (χ1) is 11.5. The Morgan fingerprint density at radius 1 is 1.20 bits per heavy atom. The van der Waals surface area contributed by atoms with Crippen LogP contribution in [0.25, 0.3) is 0 Å². The van der Waals surface area contributed by atoms with Crippen molar-refractivity contribution in [2.75, 3.05) is 39.6 Å². The molecule has 1 aromatic carbocycles. The first-order valence-electron chi connectivity index (χ1n) is 8.22. The number of likely N-dealkylation sites (N-methyl/N-ethyl adjacent to an activating group) is 1. The van der Waals surface area contributed by atoms with Crippen LogP contribution in [0.2, 0.25) is 0 Å². The fourth-order valence-electron chi connectivity index (χ4n) is 2.64. The topological polar surface area (TPSA) is 30.9 Å². The van der Waals surface area contributed by atoms with E-state index >= 15 is 0 Å². The second kappa shape index (κ2) is 10.7. The molecule has 2 aromatic rings. The van der Waals surface area contributed by atoms with E-state index < -0.39 is 0 Å². The molecule has 0 aliphatic heterocycles. The molecule has 0 spiro atoms. The third-order valence-corrected chi connectivity index (χ3v) is 4.94. The average Bonchev–Trinajstić information content (AvgIpc) is 3.07. The predicted octanol–water partition coefficient (Wildman–Crippen LogP) is 3.99. The molecule has 138 valence electrons. The number of aryl methyl sites for hydroxylation is 1. The third kappa shape index (κ3) is 6.51. The molecule has 0 aliphatic carbocycles. The van der Waals surface area contributed by atoms with E-state index in [0.29, 0.717) is 0 Å². The summed E-state index contributed by atoms with van der Waals surface area (Å²) >= 11 is 1.81. The minimum Gasteiger partial charge on any atom is -0.377 e. The van der Waals surface area contributed by atoms with Crippen LogP contribution in [0.4, 0.5) is 5.69 Å². The molecule has 0 saturated heterocycles. The summed E-state index contributed by atoms with van der Waals surface area (Å²) < 4.78 is 0. The Hall–Kier alpha value is -1.28. The minimum absolute atomic E-state index is 0. The highest BCUT2D eigenvalue weighted by molar-refractivity contribution is 14.0. The molecule has 4 nitrogen and oxygen atoms in total. The molecule has 0 radical (unpaired) electrons. The van der Waals surface area contributed by atoms with Crippen molar-refractivity contribution >= 4 is 47.0 Å². The van der Waals surface area contributed by atoms with Gasteiger partial charge in [-0.05, 0) is 42.0 Å². The zero-order valence-corrected chi connectivity index (χ0v) is 18.9. The lowest BCUT2D eigenvalue weighted by atomic mass is 10.1. The van der Waals surface area contributed by atoms with Gasteiger partial charge in [0.05, 0.1) is 0 Å². The summed E-state index contributed by atoms with van der Waals surface area (Å²) in [6, 6.07) is 10.9. The summed E-state index contributed by atoms with van der Waals surface area (Å²) in [5, 5.41) is 5.61. The average molecular weight is 472 g/mol. The van der Waals surface area contributed by atoms with Crippen molar-refractivity contribution in [1.29, 1.82) is 0 Å². The number of hydrogen-bond donors (Lipinski definition) is 1. The van der Waals surface area contributed by atoms with E-state index in [9.17, 15) is 0 Å². The largest absolute Gasteiger partial charge is 0.377 e. The van der Waals surface area contributed by atoms with Gasteiger partial charge in [-0.15, -0.1) is 35.3 Å². The molecule has 1 heterocycles. The zero-order valence-electron chi connectivity index (χ0n) is 15.7. The summed E-state index contributed by atoms with van der Waals surface area (Å²) in [6.07, 6.45) is 1.04. The van der Waals surface area contributed by atoms with E-state index in [0.717, 1.165) is 25.5 Å². The molecular weight excluding hydrogens is 443 g/mol. The number of halogens is 1. The van der Waals surface area contributed by atoms with Crippen LogP contribution < -0.4 is 10.2 Å². The van der Waals surface area contributed by atoms with Crippen molar-refractivity contribution in [2.45, 2.75) is 19.9 Å². The number of thiophene rings is 1. The lowest BCUT2D eigenvalue weighted by molar-refractivity contribution is 0.486. The van der Waals surface area contributed by atoms with Crippen molar-refractivity contribution < 1.29 is 0 Å². The number of anilines is 1. The lowest BCUT2D eigenvalue weighted by Gasteiger charge is -2.24. The van der Waals surface area contributed by atoms with Gasteiger partial charge >= 0.3 is 0 Å². The van der Waals surface area contributed by atoms with E-state index in [4.69, 9.17) is 0 Å². The van der Waals surface area contributed by atoms with Gasteiger partial charge in [0.25, 0.3) is 0 Å². The van der Waals surface area contributed by atoms with Crippen LogP contribution in [-0.4, -0.2) is 45.6 Å². The van der Waals surface area contributed by atoms with Crippen LogP contribution in [0.1, 0.15) is 16.0 Å². The molecule has 6 heteroatoms. The lowest BCUT2D eigenvalue weighted by Crippen LogP contribution is -2.39. The van der Waals surface area contributed by atoms with Crippen LogP contribution in [0.15, 0.2) is 40.7 Å². The van der Waals surface area contributed by atoms with Gasteiger partial charge in [-0.2, -0.15) is 0 Å². The fourth-order valence-corrected chi connectivity index (χ4v) is 3.34. The van der Waals surface area contributed by atoms with Gasteiger partial charge in [-0.3, -0.25) is 4.99 Å².